The first-order chi connectivity index (χ1) is 16.6. The Bertz CT molecular complexity index is 1360. The predicted octanol–water partition coefficient (Wildman–Crippen LogP) is 4.39. The molecule has 0 aliphatic carbocycles. The fourth-order valence-electron chi connectivity index (χ4n) is 4.52. The summed E-state index contributed by atoms with van der Waals surface area (Å²) in [5.41, 5.74) is 1.90. The molecule has 2 aromatic carbocycles. The second kappa shape index (κ2) is 9.87. The maximum absolute atomic E-state index is 13.3. The Morgan fingerprint density at radius 1 is 1.09 bits per heavy atom. The number of amides is 1. The number of carbonyl (C=O) groups excluding carboxylic acids is 1. The lowest BCUT2D eigenvalue weighted by molar-refractivity contribution is 0.102. The molecule has 1 N–H and O–H groups in total. The molecule has 4 aromatic rings. The summed E-state index contributed by atoms with van der Waals surface area (Å²) in [7, 11) is 0. The largest absolute Gasteiger partial charge is 0.297 e. The highest BCUT2D eigenvalue weighted by atomic mass is 32.1. The molecule has 1 unspecified atom stereocenters. The van der Waals surface area contributed by atoms with E-state index in [1.807, 2.05) is 41.8 Å². The zero-order valence-electron chi connectivity index (χ0n) is 19.1. The number of thiazole rings is 1. The Balaban J connectivity index is 1.39. The number of benzene rings is 2. The van der Waals surface area contributed by atoms with Crippen molar-refractivity contribution in [2.24, 2.45) is 5.92 Å². The van der Waals surface area contributed by atoms with Gasteiger partial charge in [-0.15, -0.1) is 11.3 Å². The summed E-state index contributed by atoms with van der Waals surface area (Å²) < 4.78 is 1.36. The van der Waals surface area contributed by atoms with E-state index in [0.29, 0.717) is 28.4 Å². The highest BCUT2D eigenvalue weighted by Crippen LogP contribution is 2.22. The first-order valence-corrected chi connectivity index (χ1v) is 12.5. The number of likely N-dealkylation sites (tertiary alicyclic amines) is 1. The van der Waals surface area contributed by atoms with E-state index in [1.54, 1.807) is 18.2 Å². The van der Waals surface area contributed by atoms with Crippen molar-refractivity contribution in [2.45, 2.75) is 32.9 Å². The van der Waals surface area contributed by atoms with Gasteiger partial charge in [0.05, 0.1) is 17.6 Å². The Hall–Kier alpha value is -3.36. The lowest BCUT2D eigenvalue weighted by atomic mass is 10.0. The number of anilines is 1. The number of nitrogens with one attached hydrogen (secondary N) is 1. The summed E-state index contributed by atoms with van der Waals surface area (Å²) in [4.78, 5) is 33.3. The van der Waals surface area contributed by atoms with E-state index in [2.05, 4.69) is 27.2 Å². The van der Waals surface area contributed by atoms with Crippen molar-refractivity contribution in [3.05, 3.63) is 87.3 Å². The van der Waals surface area contributed by atoms with Crippen molar-refractivity contribution in [1.82, 2.24) is 19.7 Å². The summed E-state index contributed by atoms with van der Waals surface area (Å²) in [6, 6.07) is 16.7. The molecule has 3 heterocycles. The normalized spacial score (nSPS) is 16.6. The quantitative estimate of drug-likeness (QED) is 0.449. The van der Waals surface area contributed by atoms with E-state index in [0.717, 1.165) is 30.9 Å². The molecule has 1 atom stereocenters. The first kappa shape index (κ1) is 22.4. The molecular weight excluding hydrogens is 446 g/mol. The van der Waals surface area contributed by atoms with Crippen molar-refractivity contribution < 1.29 is 4.79 Å². The monoisotopic (exact) mass is 473 g/mol. The fraction of sp³-hybridized carbons (Fsp3) is 0.308. The van der Waals surface area contributed by atoms with Gasteiger partial charge in [-0.1, -0.05) is 55.5 Å². The number of nitrogens with zero attached hydrogens (tertiary/aromatic N) is 4. The number of rotatable bonds is 6. The van der Waals surface area contributed by atoms with Gasteiger partial charge in [0.1, 0.15) is 0 Å². The summed E-state index contributed by atoms with van der Waals surface area (Å²) in [5, 5.41) is 10.9. The maximum Gasteiger partial charge on any atom is 0.278 e. The lowest BCUT2D eigenvalue weighted by Crippen LogP contribution is -2.33. The molecule has 1 aliphatic heterocycles. The number of aromatic nitrogens is 3. The third-order valence-corrected chi connectivity index (χ3v) is 6.96. The molecular formula is C26H27N5O2S. The number of hydrogen-bond acceptors (Lipinski definition) is 6. The van der Waals surface area contributed by atoms with Crippen LogP contribution in [-0.4, -0.2) is 38.7 Å². The predicted molar refractivity (Wildman–Crippen MR) is 135 cm³/mol. The Labute approximate surface area is 202 Å². The number of fused-ring (bicyclic) bond motifs is 1. The summed E-state index contributed by atoms with van der Waals surface area (Å²) in [6.07, 6.45) is 2.49. The van der Waals surface area contributed by atoms with Crippen LogP contribution in [0.15, 0.2) is 64.8 Å². The standard InChI is InChI=1S/C26H27N5O2S/c1-18-8-7-13-30(14-18)16-20-17-34-26(27-20)28-24(32)23-21-11-5-6-12-22(21)25(33)31(29-23)15-19-9-3-2-4-10-19/h2-6,9-12,17-18H,7-8,13-16H2,1H3,(H,27,28,32). The second-order valence-electron chi connectivity index (χ2n) is 8.92. The van der Waals surface area contributed by atoms with Crippen LogP contribution in [-0.2, 0) is 13.1 Å². The summed E-state index contributed by atoms with van der Waals surface area (Å²) in [5.74, 6) is 0.336. The molecule has 0 bridgehead atoms. The molecule has 5 rings (SSSR count). The molecule has 1 fully saturated rings. The number of piperidine rings is 1. The van der Waals surface area contributed by atoms with E-state index in [4.69, 9.17) is 0 Å². The van der Waals surface area contributed by atoms with Crippen molar-refractivity contribution in [3.8, 4) is 0 Å². The van der Waals surface area contributed by atoms with Gasteiger partial charge in [0.15, 0.2) is 10.8 Å². The molecule has 1 amide bonds. The minimum atomic E-state index is -0.370. The van der Waals surface area contributed by atoms with E-state index in [-0.39, 0.29) is 17.2 Å². The van der Waals surface area contributed by atoms with Crippen LogP contribution in [0, 0.1) is 5.92 Å². The third kappa shape index (κ3) is 4.93. The second-order valence-corrected chi connectivity index (χ2v) is 9.78. The van der Waals surface area contributed by atoms with Gasteiger partial charge in [0, 0.05) is 23.9 Å². The molecule has 0 spiro atoms. The van der Waals surface area contributed by atoms with Crippen LogP contribution < -0.4 is 10.9 Å². The Morgan fingerprint density at radius 2 is 1.85 bits per heavy atom. The van der Waals surface area contributed by atoms with Crippen LogP contribution in [0.5, 0.6) is 0 Å². The van der Waals surface area contributed by atoms with Gasteiger partial charge in [-0.05, 0) is 36.9 Å². The molecule has 2 aromatic heterocycles. The van der Waals surface area contributed by atoms with Crippen molar-refractivity contribution in [1.29, 1.82) is 0 Å². The molecule has 0 radical (unpaired) electrons. The van der Waals surface area contributed by atoms with Gasteiger partial charge in [-0.2, -0.15) is 5.10 Å². The van der Waals surface area contributed by atoms with Crippen LogP contribution in [0.3, 0.4) is 0 Å². The SMILES string of the molecule is CC1CCCN(Cc2csc(NC(=O)c3nn(Cc4ccccc4)c(=O)c4ccccc34)n2)C1. The zero-order valence-corrected chi connectivity index (χ0v) is 19.9. The van der Waals surface area contributed by atoms with Crippen molar-refractivity contribution in [2.75, 3.05) is 18.4 Å². The van der Waals surface area contributed by atoms with Crippen LogP contribution in [0.4, 0.5) is 5.13 Å². The topological polar surface area (TPSA) is 80.1 Å². The average Bonchev–Trinajstić information content (AvgIpc) is 3.28. The minimum absolute atomic E-state index is 0.215. The maximum atomic E-state index is 13.3. The lowest BCUT2D eigenvalue weighted by Gasteiger charge is -2.30. The van der Waals surface area contributed by atoms with E-state index >= 15 is 0 Å². The summed E-state index contributed by atoms with van der Waals surface area (Å²) in [6.45, 7) is 5.54. The van der Waals surface area contributed by atoms with Gasteiger partial charge in [0.2, 0.25) is 0 Å². The van der Waals surface area contributed by atoms with E-state index < -0.39 is 0 Å². The van der Waals surface area contributed by atoms with Gasteiger partial charge in [-0.3, -0.25) is 19.8 Å². The molecule has 0 saturated carbocycles. The molecule has 8 heteroatoms. The van der Waals surface area contributed by atoms with Gasteiger partial charge < -0.3 is 0 Å². The van der Waals surface area contributed by atoms with Crippen molar-refractivity contribution >= 4 is 33.1 Å². The smallest absolute Gasteiger partial charge is 0.278 e. The van der Waals surface area contributed by atoms with E-state index in [9.17, 15) is 9.59 Å². The fourth-order valence-corrected chi connectivity index (χ4v) is 5.22. The first-order valence-electron chi connectivity index (χ1n) is 11.6. The van der Waals surface area contributed by atoms with Gasteiger partial charge >= 0.3 is 0 Å². The van der Waals surface area contributed by atoms with Crippen LogP contribution in [0.1, 0.15) is 41.5 Å². The molecule has 1 aliphatic rings. The molecule has 34 heavy (non-hydrogen) atoms. The summed E-state index contributed by atoms with van der Waals surface area (Å²) >= 11 is 1.41. The Morgan fingerprint density at radius 3 is 2.65 bits per heavy atom. The minimum Gasteiger partial charge on any atom is -0.297 e. The Kier molecular flexibility index (Phi) is 6.51. The zero-order chi connectivity index (χ0) is 23.5. The third-order valence-electron chi connectivity index (χ3n) is 6.16. The van der Waals surface area contributed by atoms with E-state index in [1.165, 1.54) is 28.9 Å². The van der Waals surface area contributed by atoms with Crippen LogP contribution >= 0.6 is 11.3 Å². The highest BCUT2D eigenvalue weighted by molar-refractivity contribution is 7.14. The molecule has 1 saturated heterocycles. The van der Waals surface area contributed by atoms with Gasteiger partial charge in [0.25, 0.3) is 11.5 Å². The van der Waals surface area contributed by atoms with Crippen LogP contribution in [0.2, 0.25) is 0 Å². The highest BCUT2D eigenvalue weighted by Gasteiger charge is 2.20. The number of carbonyl (C=O) groups is 1. The average molecular weight is 474 g/mol. The molecule has 7 nitrogen and oxygen atoms in total. The van der Waals surface area contributed by atoms with Crippen LogP contribution in [0.25, 0.3) is 10.8 Å². The number of hydrogen-bond donors (Lipinski definition) is 1. The van der Waals surface area contributed by atoms with Gasteiger partial charge in [-0.25, -0.2) is 9.67 Å². The molecule has 174 valence electrons. The van der Waals surface area contributed by atoms with Crippen molar-refractivity contribution in [3.63, 3.8) is 0 Å².